The van der Waals surface area contributed by atoms with E-state index in [1.807, 2.05) is 17.0 Å². The molecule has 0 spiro atoms. The minimum atomic E-state index is -0.432. The van der Waals surface area contributed by atoms with Crippen molar-refractivity contribution in [1.29, 1.82) is 0 Å². The van der Waals surface area contributed by atoms with E-state index in [2.05, 4.69) is 10.3 Å². The molecule has 8 nitrogen and oxygen atoms in total. The first-order valence-corrected chi connectivity index (χ1v) is 9.03. The normalized spacial score (nSPS) is 14.1. The SMILES string of the molecule is O=C(NCCc1cccnc1)N1CCN(c2ccc(Cl)cc2[N+](=O)[O-])CC1. The summed E-state index contributed by atoms with van der Waals surface area (Å²) >= 11 is 5.87. The molecular formula is C18H20ClN5O3. The van der Waals surface area contributed by atoms with E-state index in [0.29, 0.717) is 43.4 Å². The van der Waals surface area contributed by atoms with Gasteiger partial charge in [0.15, 0.2) is 0 Å². The number of piperazine rings is 1. The first-order chi connectivity index (χ1) is 13.0. The van der Waals surface area contributed by atoms with Gasteiger partial charge in [-0.15, -0.1) is 0 Å². The van der Waals surface area contributed by atoms with E-state index in [9.17, 15) is 14.9 Å². The monoisotopic (exact) mass is 389 g/mol. The van der Waals surface area contributed by atoms with Crippen LogP contribution in [0.5, 0.6) is 0 Å². The number of carbonyl (C=O) groups is 1. The van der Waals surface area contributed by atoms with Crippen LogP contribution in [0.25, 0.3) is 0 Å². The molecule has 27 heavy (non-hydrogen) atoms. The summed E-state index contributed by atoms with van der Waals surface area (Å²) in [7, 11) is 0. The van der Waals surface area contributed by atoms with Gasteiger partial charge in [0, 0.05) is 56.2 Å². The van der Waals surface area contributed by atoms with E-state index >= 15 is 0 Å². The van der Waals surface area contributed by atoms with Crippen LogP contribution in [0.1, 0.15) is 5.56 Å². The minimum Gasteiger partial charge on any atom is -0.362 e. The van der Waals surface area contributed by atoms with E-state index in [1.165, 1.54) is 6.07 Å². The molecule has 1 fully saturated rings. The predicted molar refractivity (Wildman–Crippen MR) is 103 cm³/mol. The average Bonchev–Trinajstić information content (AvgIpc) is 2.69. The quantitative estimate of drug-likeness (QED) is 0.627. The van der Waals surface area contributed by atoms with Gasteiger partial charge >= 0.3 is 6.03 Å². The van der Waals surface area contributed by atoms with Gasteiger partial charge in [-0.2, -0.15) is 0 Å². The number of benzene rings is 1. The lowest BCUT2D eigenvalue weighted by atomic mass is 10.2. The lowest BCUT2D eigenvalue weighted by molar-refractivity contribution is -0.384. The molecule has 0 saturated carbocycles. The number of halogens is 1. The van der Waals surface area contributed by atoms with Gasteiger partial charge in [0.2, 0.25) is 0 Å². The lowest BCUT2D eigenvalue weighted by Crippen LogP contribution is -2.52. The second-order valence-corrected chi connectivity index (χ2v) is 6.64. The standard InChI is InChI=1S/C18H20ClN5O3/c19-15-3-4-16(17(12-15)24(26)27)22-8-10-23(11-9-22)18(25)21-7-5-14-2-1-6-20-13-14/h1-4,6,12-13H,5,7-11H2,(H,21,25). The summed E-state index contributed by atoms with van der Waals surface area (Å²) < 4.78 is 0. The molecule has 2 aromatic rings. The fourth-order valence-electron chi connectivity index (χ4n) is 3.03. The molecule has 1 saturated heterocycles. The molecule has 1 aromatic heterocycles. The Hall–Kier alpha value is -2.87. The van der Waals surface area contributed by atoms with Gasteiger partial charge in [0.25, 0.3) is 5.69 Å². The van der Waals surface area contributed by atoms with Crippen molar-refractivity contribution in [2.75, 3.05) is 37.6 Å². The Labute approximate surface area is 161 Å². The van der Waals surface area contributed by atoms with Gasteiger partial charge in [0.1, 0.15) is 5.69 Å². The Balaban J connectivity index is 1.51. The van der Waals surface area contributed by atoms with Crippen LogP contribution >= 0.6 is 11.6 Å². The number of carbonyl (C=O) groups excluding carboxylic acids is 1. The number of pyridine rings is 1. The zero-order valence-electron chi connectivity index (χ0n) is 14.7. The van der Waals surface area contributed by atoms with Crippen molar-refractivity contribution in [2.45, 2.75) is 6.42 Å². The van der Waals surface area contributed by atoms with Crippen molar-refractivity contribution in [1.82, 2.24) is 15.2 Å². The molecule has 1 aliphatic rings. The summed E-state index contributed by atoms with van der Waals surface area (Å²) in [6.07, 6.45) is 4.22. The molecule has 0 radical (unpaired) electrons. The molecule has 0 atom stereocenters. The number of amides is 2. The van der Waals surface area contributed by atoms with Crippen LogP contribution in [-0.2, 0) is 6.42 Å². The summed E-state index contributed by atoms with van der Waals surface area (Å²) in [5.41, 5.74) is 1.58. The molecule has 2 heterocycles. The summed E-state index contributed by atoms with van der Waals surface area (Å²) in [5, 5.41) is 14.5. The van der Waals surface area contributed by atoms with Gasteiger partial charge < -0.3 is 15.1 Å². The second-order valence-electron chi connectivity index (χ2n) is 6.21. The number of urea groups is 1. The number of nitro groups is 1. The third-order valence-corrected chi connectivity index (χ3v) is 4.69. The van der Waals surface area contributed by atoms with E-state index in [1.54, 1.807) is 29.4 Å². The third-order valence-electron chi connectivity index (χ3n) is 4.45. The molecule has 1 aromatic carbocycles. The Kier molecular flexibility index (Phi) is 6.08. The predicted octanol–water partition coefficient (Wildman–Crippen LogP) is 2.72. The average molecular weight is 390 g/mol. The largest absolute Gasteiger partial charge is 0.362 e. The Morgan fingerprint density at radius 3 is 2.70 bits per heavy atom. The minimum absolute atomic E-state index is 0.0168. The van der Waals surface area contributed by atoms with E-state index in [0.717, 1.165) is 12.0 Å². The number of hydrogen-bond donors (Lipinski definition) is 1. The van der Waals surface area contributed by atoms with Crippen LogP contribution < -0.4 is 10.2 Å². The van der Waals surface area contributed by atoms with Gasteiger partial charge in [-0.25, -0.2) is 4.79 Å². The van der Waals surface area contributed by atoms with E-state index < -0.39 is 4.92 Å². The summed E-state index contributed by atoms with van der Waals surface area (Å²) in [6.45, 7) is 2.58. The summed E-state index contributed by atoms with van der Waals surface area (Å²) in [4.78, 5) is 30.8. The number of aromatic nitrogens is 1. The zero-order chi connectivity index (χ0) is 19.2. The number of nitro benzene ring substituents is 1. The topological polar surface area (TPSA) is 91.6 Å². The fraction of sp³-hybridized carbons (Fsp3) is 0.333. The summed E-state index contributed by atoms with van der Waals surface area (Å²) in [5.74, 6) is 0. The highest BCUT2D eigenvalue weighted by Crippen LogP contribution is 2.31. The smallest absolute Gasteiger partial charge is 0.317 e. The molecule has 142 valence electrons. The van der Waals surface area contributed by atoms with Crippen molar-refractivity contribution < 1.29 is 9.72 Å². The number of rotatable bonds is 5. The van der Waals surface area contributed by atoms with E-state index in [-0.39, 0.29) is 11.7 Å². The first-order valence-electron chi connectivity index (χ1n) is 8.65. The van der Waals surface area contributed by atoms with Crippen LogP contribution in [-0.4, -0.2) is 53.6 Å². The van der Waals surface area contributed by atoms with Crippen LogP contribution in [0.3, 0.4) is 0 Å². The first kappa shape index (κ1) is 18.9. The molecule has 3 rings (SSSR count). The molecule has 1 N–H and O–H groups in total. The number of nitrogens with zero attached hydrogens (tertiary/aromatic N) is 4. The van der Waals surface area contributed by atoms with Gasteiger partial charge in [-0.1, -0.05) is 17.7 Å². The molecule has 9 heteroatoms. The Morgan fingerprint density at radius 1 is 1.26 bits per heavy atom. The number of nitrogens with one attached hydrogen (secondary N) is 1. The van der Waals surface area contributed by atoms with E-state index in [4.69, 9.17) is 11.6 Å². The Bertz CT molecular complexity index is 810. The maximum absolute atomic E-state index is 12.3. The molecule has 0 unspecified atom stereocenters. The highest BCUT2D eigenvalue weighted by molar-refractivity contribution is 6.30. The van der Waals surface area contributed by atoms with Crippen molar-refractivity contribution in [2.24, 2.45) is 0 Å². The van der Waals surface area contributed by atoms with Crippen molar-refractivity contribution in [3.8, 4) is 0 Å². The van der Waals surface area contributed by atoms with Crippen molar-refractivity contribution in [3.63, 3.8) is 0 Å². The fourth-order valence-corrected chi connectivity index (χ4v) is 3.20. The highest BCUT2D eigenvalue weighted by atomic mass is 35.5. The van der Waals surface area contributed by atoms with Gasteiger partial charge in [0.05, 0.1) is 4.92 Å². The third kappa shape index (κ3) is 4.85. The maximum atomic E-state index is 12.3. The molecule has 0 aliphatic carbocycles. The Morgan fingerprint density at radius 2 is 2.04 bits per heavy atom. The van der Waals surface area contributed by atoms with Gasteiger partial charge in [-0.05, 0) is 30.2 Å². The highest BCUT2D eigenvalue weighted by Gasteiger charge is 2.25. The molecule has 2 amide bonds. The molecule has 0 bridgehead atoms. The molecule has 1 aliphatic heterocycles. The van der Waals surface area contributed by atoms with Crippen molar-refractivity contribution in [3.05, 3.63) is 63.4 Å². The number of hydrogen-bond acceptors (Lipinski definition) is 5. The molecular weight excluding hydrogens is 370 g/mol. The van der Waals surface area contributed by atoms with Gasteiger partial charge in [-0.3, -0.25) is 15.1 Å². The van der Waals surface area contributed by atoms with Crippen LogP contribution in [0, 0.1) is 10.1 Å². The van der Waals surface area contributed by atoms with Crippen LogP contribution in [0.2, 0.25) is 5.02 Å². The van der Waals surface area contributed by atoms with Crippen molar-refractivity contribution >= 4 is 29.0 Å². The summed E-state index contributed by atoms with van der Waals surface area (Å²) in [6, 6.07) is 8.37. The zero-order valence-corrected chi connectivity index (χ0v) is 15.4. The second kappa shape index (κ2) is 8.68. The number of anilines is 1. The van der Waals surface area contributed by atoms with Crippen LogP contribution in [0.15, 0.2) is 42.7 Å². The van der Waals surface area contributed by atoms with Crippen LogP contribution in [0.4, 0.5) is 16.2 Å². The maximum Gasteiger partial charge on any atom is 0.317 e. The lowest BCUT2D eigenvalue weighted by Gasteiger charge is -2.35.